The first-order valence-corrected chi connectivity index (χ1v) is 7.47. The van der Waals surface area contributed by atoms with Crippen LogP contribution in [0.15, 0.2) is 12.1 Å². The monoisotopic (exact) mass is 278 g/mol. The molecule has 1 aromatic carbocycles. The number of ether oxygens (including phenoxy) is 2. The van der Waals surface area contributed by atoms with Gasteiger partial charge in [0.05, 0.1) is 19.9 Å². The average Bonchev–Trinajstić information content (AvgIpc) is 2.48. The molecule has 20 heavy (non-hydrogen) atoms. The fraction of sp³-hybridized carbons (Fsp3) is 0.625. The van der Waals surface area contributed by atoms with Crippen LogP contribution in [0.25, 0.3) is 0 Å². The minimum Gasteiger partial charge on any atom is -0.496 e. The zero-order chi connectivity index (χ0) is 14.4. The molecule has 1 aliphatic rings. The molecule has 0 amide bonds. The first-order chi connectivity index (χ1) is 9.74. The van der Waals surface area contributed by atoms with Gasteiger partial charge in [0.25, 0.3) is 0 Å². The van der Waals surface area contributed by atoms with Crippen molar-refractivity contribution in [3.8, 4) is 11.5 Å². The van der Waals surface area contributed by atoms with Crippen LogP contribution in [0, 0.1) is 0 Å². The lowest BCUT2D eigenvalue weighted by molar-refractivity contribution is 0.226. The number of nitrogens with two attached hydrogens (primary N) is 1. The van der Waals surface area contributed by atoms with Crippen molar-refractivity contribution in [2.24, 2.45) is 0 Å². The van der Waals surface area contributed by atoms with Crippen molar-refractivity contribution in [2.45, 2.75) is 32.1 Å². The Hall–Kier alpha value is -1.42. The van der Waals surface area contributed by atoms with Crippen LogP contribution >= 0.6 is 0 Å². The molecule has 0 bridgehead atoms. The van der Waals surface area contributed by atoms with Crippen LogP contribution in [-0.2, 0) is 6.42 Å². The molecule has 0 radical (unpaired) electrons. The van der Waals surface area contributed by atoms with Crippen molar-refractivity contribution in [3.63, 3.8) is 0 Å². The van der Waals surface area contributed by atoms with Gasteiger partial charge in [-0.15, -0.1) is 0 Å². The van der Waals surface area contributed by atoms with Gasteiger partial charge in [0.2, 0.25) is 0 Å². The highest BCUT2D eigenvalue weighted by Crippen LogP contribution is 2.31. The Kier molecular flexibility index (Phi) is 5.53. The zero-order valence-electron chi connectivity index (χ0n) is 12.7. The van der Waals surface area contributed by atoms with Crippen LogP contribution in [0.5, 0.6) is 11.5 Å². The van der Waals surface area contributed by atoms with E-state index in [-0.39, 0.29) is 0 Å². The minimum absolute atomic E-state index is 0.682. The number of hydrogen-bond acceptors (Lipinski definition) is 4. The van der Waals surface area contributed by atoms with Gasteiger partial charge in [-0.25, -0.2) is 0 Å². The fourth-order valence-corrected chi connectivity index (χ4v) is 2.86. The summed E-state index contributed by atoms with van der Waals surface area (Å²) in [5.74, 6) is 1.55. The summed E-state index contributed by atoms with van der Waals surface area (Å²) in [6.45, 7) is 3.67. The van der Waals surface area contributed by atoms with Crippen molar-refractivity contribution in [1.29, 1.82) is 0 Å². The van der Waals surface area contributed by atoms with Crippen LogP contribution in [0.3, 0.4) is 0 Å². The summed E-state index contributed by atoms with van der Waals surface area (Å²) in [4.78, 5) is 2.56. The molecule has 0 aliphatic carbocycles. The Morgan fingerprint density at radius 3 is 2.40 bits per heavy atom. The van der Waals surface area contributed by atoms with Gasteiger partial charge in [0.1, 0.15) is 11.5 Å². The Balaban J connectivity index is 1.92. The molecule has 1 aromatic rings. The molecule has 112 valence electrons. The third kappa shape index (κ3) is 3.79. The molecule has 0 unspecified atom stereocenters. The number of likely N-dealkylation sites (tertiary alicyclic amines) is 1. The van der Waals surface area contributed by atoms with E-state index in [2.05, 4.69) is 4.90 Å². The number of aryl methyl sites for hydroxylation is 1. The third-order valence-electron chi connectivity index (χ3n) is 4.00. The zero-order valence-corrected chi connectivity index (χ0v) is 12.7. The molecule has 1 heterocycles. The standard InChI is InChI=1S/C16H26N2O2/c1-19-15-12-16(20-2)14(17)11-13(15)7-6-10-18-8-4-3-5-9-18/h11-12H,3-10,17H2,1-2H3. The Morgan fingerprint density at radius 2 is 1.75 bits per heavy atom. The van der Waals surface area contributed by atoms with Gasteiger partial charge < -0.3 is 20.1 Å². The van der Waals surface area contributed by atoms with Crippen molar-refractivity contribution in [1.82, 2.24) is 4.90 Å². The largest absolute Gasteiger partial charge is 0.496 e. The predicted molar refractivity (Wildman–Crippen MR) is 82.6 cm³/mol. The summed E-state index contributed by atoms with van der Waals surface area (Å²) < 4.78 is 10.7. The van der Waals surface area contributed by atoms with E-state index in [1.165, 1.54) is 37.9 Å². The van der Waals surface area contributed by atoms with E-state index in [1.807, 2.05) is 12.1 Å². The Labute approximate surface area is 121 Å². The molecule has 2 rings (SSSR count). The minimum atomic E-state index is 0.682. The van der Waals surface area contributed by atoms with Gasteiger partial charge in [-0.05, 0) is 56.9 Å². The van der Waals surface area contributed by atoms with E-state index in [0.717, 1.165) is 25.1 Å². The lowest BCUT2D eigenvalue weighted by atomic mass is 10.1. The van der Waals surface area contributed by atoms with Gasteiger partial charge in [0.15, 0.2) is 0 Å². The average molecular weight is 278 g/mol. The summed E-state index contributed by atoms with van der Waals surface area (Å²) in [5, 5.41) is 0. The summed E-state index contributed by atoms with van der Waals surface area (Å²) in [7, 11) is 3.32. The molecule has 1 saturated heterocycles. The van der Waals surface area contributed by atoms with Gasteiger partial charge in [-0.2, -0.15) is 0 Å². The lowest BCUT2D eigenvalue weighted by Crippen LogP contribution is -2.30. The summed E-state index contributed by atoms with van der Waals surface area (Å²) >= 11 is 0. The molecule has 0 aromatic heterocycles. The highest BCUT2D eigenvalue weighted by molar-refractivity contribution is 5.59. The van der Waals surface area contributed by atoms with Crippen molar-refractivity contribution in [2.75, 3.05) is 39.6 Å². The number of benzene rings is 1. The van der Waals surface area contributed by atoms with E-state index >= 15 is 0 Å². The number of hydrogen-bond donors (Lipinski definition) is 1. The van der Waals surface area contributed by atoms with E-state index < -0.39 is 0 Å². The normalized spacial score (nSPS) is 16.1. The van der Waals surface area contributed by atoms with Gasteiger partial charge in [-0.3, -0.25) is 0 Å². The van der Waals surface area contributed by atoms with Gasteiger partial charge in [0, 0.05) is 6.07 Å². The number of rotatable bonds is 6. The van der Waals surface area contributed by atoms with Crippen molar-refractivity contribution >= 4 is 5.69 Å². The molecule has 4 heteroatoms. The van der Waals surface area contributed by atoms with Gasteiger partial charge in [-0.1, -0.05) is 6.42 Å². The molecular formula is C16H26N2O2. The molecular weight excluding hydrogens is 252 g/mol. The lowest BCUT2D eigenvalue weighted by Gasteiger charge is -2.26. The Morgan fingerprint density at radius 1 is 1.05 bits per heavy atom. The number of anilines is 1. The molecule has 0 spiro atoms. The van der Waals surface area contributed by atoms with Crippen molar-refractivity contribution in [3.05, 3.63) is 17.7 Å². The van der Waals surface area contributed by atoms with Crippen LogP contribution in [0.4, 0.5) is 5.69 Å². The molecule has 4 nitrogen and oxygen atoms in total. The summed E-state index contributed by atoms with van der Waals surface area (Å²) in [5.41, 5.74) is 7.83. The van der Waals surface area contributed by atoms with Crippen LogP contribution < -0.4 is 15.2 Å². The molecule has 2 N–H and O–H groups in total. The van der Waals surface area contributed by atoms with E-state index in [0.29, 0.717) is 11.4 Å². The maximum atomic E-state index is 5.98. The molecule has 1 fully saturated rings. The molecule has 0 atom stereocenters. The molecule has 1 aliphatic heterocycles. The first kappa shape index (κ1) is 15.0. The van der Waals surface area contributed by atoms with E-state index in [4.69, 9.17) is 15.2 Å². The number of methoxy groups -OCH3 is 2. The predicted octanol–water partition coefficient (Wildman–Crippen LogP) is 2.70. The second kappa shape index (κ2) is 7.39. The second-order valence-electron chi connectivity index (χ2n) is 5.41. The van der Waals surface area contributed by atoms with E-state index in [1.54, 1.807) is 14.2 Å². The van der Waals surface area contributed by atoms with Crippen molar-refractivity contribution < 1.29 is 9.47 Å². The first-order valence-electron chi connectivity index (χ1n) is 7.47. The fourth-order valence-electron chi connectivity index (χ4n) is 2.86. The number of nitrogens with zero attached hydrogens (tertiary/aromatic N) is 1. The number of piperidine rings is 1. The van der Waals surface area contributed by atoms with Gasteiger partial charge >= 0.3 is 0 Å². The summed E-state index contributed by atoms with van der Waals surface area (Å²) in [6.07, 6.45) is 6.22. The Bertz CT molecular complexity index is 429. The quantitative estimate of drug-likeness (QED) is 0.813. The highest BCUT2D eigenvalue weighted by atomic mass is 16.5. The SMILES string of the molecule is COc1cc(OC)c(CCCN2CCCCC2)cc1N. The second-order valence-corrected chi connectivity index (χ2v) is 5.41. The topological polar surface area (TPSA) is 47.7 Å². The maximum Gasteiger partial charge on any atom is 0.145 e. The van der Waals surface area contributed by atoms with Crippen LogP contribution in [0.2, 0.25) is 0 Å². The molecule has 0 saturated carbocycles. The highest BCUT2D eigenvalue weighted by Gasteiger charge is 2.12. The number of nitrogen functional groups attached to an aromatic ring is 1. The van der Waals surface area contributed by atoms with E-state index in [9.17, 15) is 0 Å². The smallest absolute Gasteiger partial charge is 0.145 e. The summed E-state index contributed by atoms with van der Waals surface area (Å²) in [6, 6.07) is 3.86. The van der Waals surface area contributed by atoms with Crippen LogP contribution in [-0.4, -0.2) is 38.8 Å². The maximum absolute atomic E-state index is 5.98. The van der Waals surface area contributed by atoms with Crippen LogP contribution in [0.1, 0.15) is 31.2 Å². The third-order valence-corrected chi connectivity index (χ3v) is 4.00.